The van der Waals surface area contributed by atoms with Crippen LogP contribution in [0.5, 0.6) is 0 Å². The van der Waals surface area contributed by atoms with E-state index in [2.05, 4.69) is 53.2 Å². The van der Waals surface area contributed by atoms with Gasteiger partial charge in [0.1, 0.15) is 0 Å². The first kappa shape index (κ1) is 14.9. The van der Waals surface area contributed by atoms with Gasteiger partial charge in [-0.05, 0) is 32.3 Å². The van der Waals surface area contributed by atoms with Crippen molar-refractivity contribution in [3.63, 3.8) is 0 Å². The summed E-state index contributed by atoms with van der Waals surface area (Å²) in [5.74, 6) is -0.329. The molecule has 0 fully saturated rings. The first-order chi connectivity index (χ1) is 11.6. The minimum absolute atomic E-state index is 0.0311. The molecule has 122 valence electrons. The van der Waals surface area contributed by atoms with Crippen molar-refractivity contribution >= 4 is 5.97 Å². The van der Waals surface area contributed by atoms with Crippen molar-refractivity contribution in [2.45, 2.75) is 12.3 Å². The molecular weight excluding hydrogens is 302 g/mol. The van der Waals surface area contributed by atoms with Crippen LogP contribution in [0.1, 0.15) is 0 Å². The minimum Gasteiger partial charge on any atom is -0.466 e. The van der Waals surface area contributed by atoms with Gasteiger partial charge in [-0.3, -0.25) is 4.90 Å². The van der Waals surface area contributed by atoms with E-state index in [1.165, 1.54) is 7.11 Å². The topological polar surface area (TPSA) is 36.0 Å². The number of carbonyl (C=O) groups is 1. The average Bonchev–Trinajstić information content (AvgIpc) is 2.95. The molecule has 3 aliphatic heterocycles. The number of nitrogens with zero attached hydrogens (tertiary/aromatic N) is 3. The van der Waals surface area contributed by atoms with Crippen molar-refractivity contribution in [2.24, 2.45) is 5.92 Å². The number of hydrogen-bond acceptors (Lipinski definition) is 5. The molecule has 4 rings (SSSR count). The molecular formula is C19H20N3O2+. The molecule has 0 amide bonds. The minimum atomic E-state index is -0.277. The zero-order valence-corrected chi connectivity index (χ0v) is 14.0. The average molecular weight is 322 g/mol. The Hall–Kier alpha value is -2.62. The monoisotopic (exact) mass is 322 g/mol. The number of carbonyl (C=O) groups excluding carboxylic acids is 1. The highest BCUT2D eigenvalue weighted by atomic mass is 16.5. The van der Waals surface area contributed by atoms with Gasteiger partial charge in [-0.15, -0.1) is 0 Å². The number of allylic oxidation sites excluding steroid dienone is 6. The molecule has 3 heterocycles. The van der Waals surface area contributed by atoms with E-state index < -0.39 is 0 Å². The van der Waals surface area contributed by atoms with E-state index in [0.29, 0.717) is 5.57 Å². The Kier molecular flexibility index (Phi) is 3.41. The molecule has 4 aliphatic rings. The second kappa shape index (κ2) is 5.48. The Morgan fingerprint density at radius 3 is 2.83 bits per heavy atom. The summed E-state index contributed by atoms with van der Waals surface area (Å²) in [5.41, 5.74) is 2.81. The highest BCUT2D eigenvalue weighted by Crippen LogP contribution is 2.43. The number of esters is 1. The van der Waals surface area contributed by atoms with E-state index in [9.17, 15) is 4.79 Å². The van der Waals surface area contributed by atoms with Crippen LogP contribution < -0.4 is 0 Å². The van der Waals surface area contributed by atoms with E-state index in [4.69, 9.17) is 4.74 Å². The first-order valence-corrected chi connectivity index (χ1v) is 8.01. The number of rotatable bonds is 2. The molecule has 3 unspecified atom stereocenters. The van der Waals surface area contributed by atoms with E-state index in [1.54, 1.807) is 0 Å². The molecule has 24 heavy (non-hydrogen) atoms. The third-order valence-corrected chi connectivity index (χ3v) is 4.78. The van der Waals surface area contributed by atoms with Crippen LogP contribution in [0.25, 0.3) is 0 Å². The summed E-state index contributed by atoms with van der Waals surface area (Å²) in [6.45, 7) is 0. The molecule has 0 spiro atoms. The molecule has 0 radical (unpaired) electrons. The van der Waals surface area contributed by atoms with Crippen molar-refractivity contribution in [2.75, 3.05) is 21.2 Å². The van der Waals surface area contributed by atoms with E-state index >= 15 is 0 Å². The SMILES string of the molecule is COC(=O)C1=CC2=C3C=CC=CN3C(N(C)C)N2C2[C+]=CC=CC12. The lowest BCUT2D eigenvalue weighted by Gasteiger charge is -2.42. The third-order valence-electron chi connectivity index (χ3n) is 4.78. The number of hydrogen-bond donors (Lipinski definition) is 0. The summed E-state index contributed by atoms with van der Waals surface area (Å²) >= 11 is 0. The molecule has 0 saturated carbocycles. The number of ether oxygens (including phenoxy) is 1. The van der Waals surface area contributed by atoms with Crippen molar-refractivity contribution in [1.82, 2.24) is 14.7 Å². The molecule has 0 saturated heterocycles. The Morgan fingerprint density at radius 2 is 2.08 bits per heavy atom. The Balaban J connectivity index is 1.90. The lowest BCUT2D eigenvalue weighted by atomic mass is 9.83. The maximum atomic E-state index is 12.3. The third kappa shape index (κ3) is 1.99. The molecule has 0 aromatic carbocycles. The van der Waals surface area contributed by atoms with Crippen LogP contribution in [0.3, 0.4) is 0 Å². The van der Waals surface area contributed by atoms with Crippen LogP contribution in [0.2, 0.25) is 0 Å². The molecule has 0 N–H and O–H groups in total. The summed E-state index contributed by atoms with van der Waals surface area (Å²) in [6.07, 6.45) is 19.6. The zero-order chi connectivity index (χ0) is 16.8. The van der Waals surface area contributed by atoms with Crippen LogP contribution >= 0.6 is 0 Å². The lowest BCUT2D eigenvalue weighted by Crippen LogP contribution is -2.55. The van der Waals surface area contributed by atoms with Gasteiger partial charge in [0, 0.05) is 12.3 Å². The van der Waals surface area contributed by atoms with Crippen molar-refractivity contribution in [3.05, 3.63) is 71.8 Å². The molecule has 5 nitrogen and oxygen atoms in total. The fraction of sp³-hybridized carbons (Fsp3) is 0.316. The van der Waals surface area contributed by atoms with Gasteiger partial charge < -0.3 is 14.5 Å². The fourth-order valence-corrected chi connectivity index (χ4v) is 3.83. The summed E-state index contributed by atoms with van der Waals surface area (Å²) in [5, 5.41) is 0. The van der Waals surface area contributed by atoms with Gasteiger partial charge in [-0.1, -0.05) is 6.08 Å². The van der Waals surface area contributed by atoms with Gasteiger partial charge in [0.2, 0.25) is 0 Å². The van der Waals surface area contributed by atoms with Gasteiger partial charge in [0.05, 0.1) is 42.1 Å². The number of fused-ring (bicyclic) bond motifs is 4. The molecule has 0 bridgehead atoms. The van der Waals surface area contributed by atoms with Gasteiger partial charge in [-0.25, -0.2) is 4.79 Å². The Bertz CT molecular complexity index is 755. The second-order valence-electron chi connectivity index (χ2n) is 6.38. The van der Waals surface area contributed by atoms with Crippen LogP contribution in [0, 0.1) is 12.0 Å². The number of methoxy groups -OCH3 is 1. The van der Waals surface area contributed by atoms with E-state index in [1.807, 2.05) is 30.4 Å². The quantitative estimate of drug-likeness (QED) is 0.572. The van der Waals surface area contributed by atoms with Crippen LogP contribution in [0.15, 0.2) is 65.7 Å². The summed E-state index contributed by atoms with van der Waals surface area (Å²) in [6, 6.07) is -0.0311. The molecule has 5 heteroatoms. The highest BCUT2D eigenvalue weighted by Gasteiger charge is 2.50. The molecule has 0 aromatic heterocycles. The van der Waals surface area contributed by atoms with E-state index in [0.717, 1.165) is 11.4 Å². The smallest absolute Gasteiger partial charge is 0.334 e. The van der Waals surface area contributed by atoms with E-state index in [-0.39, 0.29) is 24.2 Å². The largest absolute Gasteiger partial charge is 0.466 e. The van der Waals surface area contributed by atoms with Crippen LogP contribution in [-0.4, -0.2) is 54.2 Å². The van der Waals surface area contributed by atoms with Gasteiger partial charge in [0.15, 0.2) is 18.4 Å². The maximum absolute atomic E-state index is 12.3. The molecule has 0 aromatic rings. The first-order valence-electron chi connectivity index (χ1n) is 8.01. The zero-order valence-electron chi connectivity index (χ0n) is 14.0. The van der Waals surface area contributed by atoms with Crippen molar-refractivity contribution in [3.8, 4) is 0 Å². The normalized spacial score (nSPS) is 29.3. The van der Waals surface area contributed by atoms with Gasteiger partial charge in [0.25, 0.3) is 0 Å². The maximum Gasteiger partial charge on any atom is 0.334 e. The predicted molar refractivity (Wildman–Crippen MR) is 90.8 cm³/mol. The van der Waals surface area contributed by atoms with Gasteiger partial charge >= 0.3 is 5.97 Å². The Morgan fingerprint density at radius 1 is 1.25 bits per heavy atom. The summed E-state index contributed by atoms with van der Waals surface area (Å²) in [4.78, 5) is 19.0. The van der Waals surface area contributed by atoms with Crippen molar-refractivity contribution in [1.29, 1.82) is 0 Å². The Labute approximate surface area is 142 Å². The fourth-order valence-electron chi connectivity index (χ4n) is 3.83. The van der Waals surface area contributed by atoms with Gasteiger partial charge in [-0.2, -0.15) is 0 Å². The highest BCUT2D eigenvalue weighted by molar-refractivity contribution is 5.91. The standard InChI is InChI=1S/C19H20N3O2/c1-20(2)19-21-11-7-6-10-16(21)17-12-14(18(23)24-3)13-8-4-5-9-15(13)22(17)19/h4-8,10-13,15,19H,1-3H3/q+1. The van der Waals surface area contributed by atoms with Crippen LogP contribution in [-0.2, 0) is 9.53 Å². The summed E-state index contributed by atoms with van der Waals surface area (Å²) < 4.78 is 5.02. The lowest BCUT2D eigenvalue weighted by molar-refractivity contribution is -0.137. The van der Waals surface area contributed by atoms with Crippen LogP contribution in [0.4, 0.5) is 0 Å². The molecule has 1 aliphatic carbocycles. The van der Waals surface area contributed by atoms with Crippen molar-refractivity contribution < 1.29 is 9.53 Å². The second-order valence-corrected chi connectivity index (χ2v) is 6.38. The summed E-state index contributed by atoms with van der Waals surface area (Å²) in [7, 11) is 5.56. The predicted octanol–water partition coefficient (Wildman–Crippen LogP) is 1.77. The molecule has 3 atom stereocenters.